The molecule has 2 aromatic rings. The molecular formula is C18H18N2O3. The molecule has 1 aliphatic rings. The molecule has 0 bridgehead atoms. The van der Waals surface area contributed by atoms with Gasteiger partial charge in [-0.2, -0.15) is 0 Å². The number of hydrogen-bond donors (Lipinski definition) is 2. The Morgan fingerprint density at radius 2 is 2.00 bits per heavy atom. The molecule has 0 aliphatic heterocycles. The highest BCUT2D eigenvalue weighted by atomic mass is 16.2. The van der Waals surface area contributed by atoms with E-state index in [1.165, 1.54) is 6.07 Å². The van der Waals surface area contributed by atoms with Crippen LogP contribution in [0.15, 0.2) is 35.1 Å². The largest absolute Gasteiger partial charge is 0.325 e. The van der Waals surface area contributed by atoms with E-state index in [4.69, 9.17) is 0 Å². The van der Waals surface area contributed by atoms with Crippen LogP contribution in [0.2, 0.25) is 0 Å². The number of carbonyl (C=O) groups is 2. The van der Waals surface area contributed by atoms with Gasteiger partial charge in [0, 0.05) is 23.4 Å². The summed E-state index contributed by atoms with van der Waals surface area (Å²) < 4.78 is 0. The molecule has 0 radical (unpaired) electrons. The maximum absolute atomic E-state index is 12.4. The van der Waals surface area contributed by atoms with E-state index in [9.17, 15) is 14.4 Å². The van der Waals surface area contributed by atoms with Gasteiger partial charge in [-0.3, -0.25) is 14.4 Å². The predicted octanol–water partition coefficient (Wildman–Crippen LogP) is 2.70. The molecule has 0 saturated carbocycles. The fourth-order valence-corrected chi connectivity index (χ4v) is 2.92. The van der Waals surface area contributed by atoms with Crippen LogP contribution in [0.1, 0.15) is 45.3 Å². The lowest BCUT2D eigenvalue weighted by atomic mass is 9.86. The SMILES string of the molecule is Cc1cccc(NC(=O)c2cc3c([nH]c2=O)C[C@@H](C)CC3=O)c1. The summed E-state index contributed by atoms with van der Waals surface area (Å²) in [5.74, 6) is -0.330. The third-order valence-corrected chi connectivity index (χ3v) is 4.03. The van der Waals surface area contributed by atoms with E-state index in [2.05, 4.69) is 10.3 Å². The first-order valence-electron chi connectivity index (χ1n) is 7.61. The number of pyridine rings is 1. The third kappa shape index (κ3) is 3.08. The second-order valence-corrected chi connectivity index (χ2v) is 6.16. The summed E-state index contributed by atoms with van der Waals surface area (Å²) in [6.07, 6.45) is 1.09. The number of rotatable bonds is 2. The van der Waals surface area contributed by atoms with Crippen molar-refractivity contribution in [2.75, 3.05) is 5.32 Å². The van der Waals surface area contributed by atoms with E-state index in [1.807, 2.05) is 32.0 Å². The molecule has 0 unspecified atom stereocenters. The van der Waals surface area contributed by atoms with Crippen LogP contribution >= 0.6 is 0 Å². The van der Waals surface area contributed by atoms with Crippen molar-refractivity contribution in [3.63, 3.8) is 0 Å². The highest BCUT2D eigenvalue weighted by Crippen LogP contribution is 2.23. The number of fused-ring (bicyclic) bond motifs is 1. The van der Waals surface area contributed by atoms with Gasteiger partial charge < -0.3 is 10.3 Å². The zero-order valence-electron chi connectivity index (χ0n) is 13.1. The minimum absolute atomic E-state index is 0.0281. The zero-order valence-corrected chi connectivity index (χ0v) is 13.1. The van der Waals surface area contributed by atoms with Gasteiger partial charge in [-0.1, -0.05) is 19.1 Å². The van der Waals surface area contributed by atoms with Gasteiger partial charge in [0.25, 0.3) is 11.5 Å². The zero-order chi connectivity index (χ0) is 16.6. The van der Waals surface area contributed by atoms with Crippen molar-refractivity contribution in [2.24, 2.45) is 5.92 Å². The maximum Gasteiger partial charge on any atom is 0.261 e. The van der Waals surface area contributed by atoms with Crippen LogP contribution in [0.25, 0.3) is 0 Å². The molecule has 23 heavy (non-hydrogen) atoms. The molecule has 1 heterocycles. The molecule has 0 saturated heterocycles. The highest BCUT2D eigenvalue weighted by molar-refractivity contribution is 6.06. The number of aromatic amines is 1. The van der Waals surface area contributed by atoms with Crippen molar-refractivity contribution < 1.29 is 9.59 Å². The van der Waals surface area contributed by atoms with Crippen molar-refractivity contribution in [1.82, 2.24) is 4.98 Å². The molecule has 118 valence electrons. The second kappa shape index (κ2) is 5.83. The Morgan fingerprint density at radius 1 is 1.22 bits per heavy atom. The average Bonchev–Trinajstić information content (AvgIpc) is 2.46. The monoisotopic (exact) mass is 310 g/mol. The summed E-state index contributed by atoms with van der Waals surface area (Å²) in [6, 6.07) is 8.74. The Labute approximate surface area is 133 Å². The van der Waals surface area contributed by atoms with Crippen molar-refractivity contribution in [1.29, 1.82) is 0 Å². The second-order valence-electron chi connectivity index (χ2n) is 6.16. The molecule has 1 aliphatic carbocycles. The number of ketones is 1. The van der Waals surface area contributed by atoms with Crippen LogP contribution in [0, 0.1) is 12.8 Å². The fraction of sp³-hybridized carbons (Fsp3) is 0.278. The van der Waals surface area contributed by atoms with E-state index < -0.39 is 11.5 Å². The van der Waals surface area contributed by atoms with Crippen LogP contribution in [0.3, 0.4) is 0 Å². The molecule has 5 nitrogen and oxygen atoms in total. The van der Waals surface area contributed by atoms with E-state index >= 15 is 0 Å². The molecule has 0 fully saturated rings. The number of aryl methyl sites for hydroxylation is 1. The Bertz CT molecular complexity index is 852. The lowest BCUT2D eigenvalue weighted by Gasteiger charge is -2.20. The summed E-state index contributed by atoms with van der Waals surface area (Å²) >= 11 is 0. The van der Waals surface area contributed by atoms with Gasteiger partial charge in [-0.15, -0.1) is 0 Å². The molecule has 2 N–H and O–H groups in total. The molecular weight excluding hydrogens is 292 g/mol. The minimum atomic E-state index is -0.508. The predicted molar refractivity (Wildman–Crippen MR) is 88.0 cm³/mol. The van der Waals surface area contributed by atoms with Gasteiger partial charge in [0.05, 0.1) is 0 Å². The first-order chi connectivity index (χ1) is 10.9. The van der Waals surface area contributed by atoms with Gasteiger partial charge in [-0.05, 0) is 43.0 Å². The molecule has 1 atom stereocenters. The Hall–Kier alpha value is -2.69. The van der Waals surface area contributed by atoms with Crippen LogP contribution < -0.4 is 10.9 Å². The first-order valence-corrected chi connectivity index (χ1v) is 7.61. The molecule has 1 aromatic heterocycles. The maximum atomic E-state index is 12.4. The van der Waals surface area contributed by atoms with Crippen molar-refractivity contribution >= 4 is 17.4 Å². The van der Waals surface area contributed by atoms with Gasteiger partial charge in [0.1, 0.15) is 5.56 Å². The number of nitrogens with one attached hydrogen (secondary N) is 2. The Balaban J connectivity index is 1.94. The number of amides is 1. The Morgan fingerprint density at radius 3 is 2.74 bits per heavy atom. The molecule has 3 rings (SSSR count). The van der Waals surface area contributed by atoms with Crippen LogP contribution in [0.4, 0.5) is 5.69 Å². The standard InChI is InChI=1S/C18H18N2O3/c1-10-4-3-5-12(6-10)19-17(22)14-9-13-15(20-18(14)23)7-11(2)8-16(13)21/h3-6,9,11H,7-8H2,1-2H3,(H,19,22)(H,20,23)/t11-/m1/s1. The number of aromatic nitrogens is 1. The van der Waals surface area contributed by atoms with Crippen molar-refractivity contribution in [3.05, 3.63) is 63.1 Å². The van der Waals surface area contributed by atoms with Gasteiger partial charge >= 0.3 is 0 Å². The summed E-state index contributed by atoms with van der Waals surface area (Å²) in [4.78, 5) is 39.4. The first kappa shape index (κ1) is 15.2. The number of H-pyrrole nitrogens is 1. The molecule has 1 aromatic carbocycles. The summed E-state index contributed by atoms with van der Waals surface area (Å²) in [5.41, 5.74) is 2.21. The molecule has 0 spiro atoms. The molecule has 5 heteroatoms. The van der Waals surface area contributed by atoms with Crippen molar-refractivity contribution in [2.45, 2.75) is 26.7 Å². The number of Topliss-reactive ketones (excluding diaryl/α,β-unsaturated/α-hetero) is 1. The van der Waals surface area contributed by atoms with Crippen LogP contribution in [-0.4, -0.2) is 16.7 Å². The van der Waals surface area contributed by atoms with E-state index in [0.717, 1.165) is 5.56 Å². The summed E-state index contributed by atoms with van der Waals surface area (Å²) in [5, 5.41) is 2.70. The number of benzene rings is 1. The van der Waals surface area contributed by atoms with Gasteiger partial charge in [0.2, 0.25) is 0 Å². The lowest BCUT2D eigenvalue weighted by Crippen LogP contribution is -2.29. The molecule has 1 amide bonds. The number of hydrogen-bond acceptors (Lipinski definition) is 3. The normalized spacial score (nSPS) is 16.8. The minimum Gasteiger partial charge on any atom is -0.325 e. The average molecular weight is 310 g/mol. The fourth-order valence-electron chi connectivity index (χ4n) is 2.92. The van der Waals surface area contributed by atoms with Crippen molar-refractivity contribution in [3.8, 4) is 0 Å². The van der Waals surface area contributed by atoms with Gasteiger partial charge in [0.15, 0.2) is 5.78 Å². The van der Waals surface area contributed by atoms with E-state index in [0.29, 0.717) is 29.8 Å². The van der Waals surface area contributed by atoms with E-state index in [-0.39, 0.29) is 17.3 Å². The highest BCUT2D eigenvalue weighted by Gasteiger charge is 2.25. The third-order valence-electron chi connectivity index (χ3n) is 4.03. The lowest BCUT2D eigenvalue weighted by molar-refractivity contribution is 0.0952. The van der Waals surface area contributed by atoms with E-state index in [1.54, 1.807) is 6.07 Å². The topological polar surface area (TPSA) is 79.0 Å². The smallest absolute Gasteiger partial charge is 0.261 e. The van der Waals surface area contributed by atoms with Crippen LogP contribution in [-0.2, 0) is 6.42 Å². The quantitative estimate of drug-likeness (QED) is 0.895. The van der Waals surface area contributed by atoms with Gasteiger partial charge in [-0.25, -0.2) is 0 Å². The number of anilines is 1. The van der Waals surface area contributed by atoms with Crippen LogP contribution in [0.5, 0.6) is 0 Å². The number of carbonyl (C=O) groups excluding carboxylic acids is 2. The Kier molecular flexibility index (Phi) is 3.86. The summed E-state index contributed by atoms with van der Waals surface area (Å²) in [6.45, 7) is 3.89. The summed E-state index contributed by atoms with van der Waals surface area (Å²) in [7, 11) is 0.